The Morgan fingerprint density at radius 2 is 1.80 bits per heavy atom. The molecule has 0 amide bonds. The first-order valence-corrected chi connectivity index (χ1v) is 11.3. The van der Waals surface area contributed by atoms with E-state index in [-0.39, 0.29) is 5.41 Å². The van der Waals surface area contributed by atoms with E-state index >= 15 is 0 Å². The van der Waals surface area contributed by atoms with Gasteiger partial charge in [-0.2, -0.15) is 9.61 Å². The lowest BCUT2D eigenvalue weighted by molar-refractivity contribution is 0.590. The van der Waals surface area contributed by atoms with Gasteiger partial charge in [-0.1, -0.05) is 20.8 Å². The van der Waals surface area contributed by atoms with Gasteiger partial charge in [0.1, 0.15) is 23.3 Å². The molecule has 4 aromatic heterocycles. The molecule has 1 aromatic carbocycles. The van der Waals surface area contributed by atoms with Crippen molar-refractivity contribution < 1.29 is 13.2 Å². The fraction of sp³-hybridized carbons (Fsp3) is 0.269. The molecule has 6 nitrogen and oxygen atoms in total. The van der Waals surface area contributed by atoms with Crippen LogP contribution < -0.4 is 5.32 Å². The van der Waals surface area contributed by atoms with Crippen LogP contribution in [0.1, 0.15) is 37.6 Å². The number of pyridine rings is 1. The number of rotatable bonds is 5. The highest BCUT2D eigenvalue weighted by molar-refractivity contribution is 5.85. The lowest BCUT2D eigenvalue weighted by atomic mass is 9.89. The molecule has 0 aliphatic carbocycles. The Labute approximate surface area is 200 Å². The zero-order valence-corrected chi connectivity index (χ0v) is 19.9. The van der Waals surface area contributed by atoms with Crippen molar-refractivity contribution >= 4 is 22.4 Å². The minimum absolute atomic E-state index is 0.208. The van der Waals surface area contributed by atoms with Gasteiger partial charge in [-0.25, -0.2) is 18.2 Å². The summed E-state index contributed by atoms with van der Waals surface area (Å²) >= 11 is 0. The van der Waals surface area contributed by atoms with Crippen LogP contribution in [0.15, 0.2) is 42.9 Å². The van der Waals surface area contributed by atoms with Gasteiger partial charge in [0.15, 0.2) is 5.65 Å². The van der Waals surface area contributed by atoms with Gasteiger partial charge in [-0.05, 0) is 36.5 Å². The van der Waals surface area contributed by atoms with Gasteiger partial charge in [0.05, 0.1) is 23.6 Å². The number of hydrogen-bond acceptors (Lipinski definition) is 4. The van der Waals surface area contributed by atoms with Crippen LogP contribution in [0.4, 0.5) is 19.0 Å². The van der Waals surface area contributed by atoms with E-state index in [1.807, 2.05) is 6.92 Å². The average molecular weight is 479 g/mol. The van der Waals surface area contributed by atoms with E-state index in [1.165, 1.54) is 12.1 Å². The Morgan fingerprint density at radius 3 is 2.54 bits per heavy atom. The van der Waals surface area contributed by atoms with Crippen LogP contribution in [-0.4, -0.2) is 31.1 Å². The lowest BCUT2D eigenvalue weighted by Crippen LogP contribution is -2.13. The maximum Gasteiger partial charge on any atom is 0.161 e. The van der Waals surface area contributed by atoms with E-state index in [1.54, 1.807) is 23.0 Å². The molecule has 2 N–H and O–H groups in total. The second kappa shape index (κ2) is 8.41. The number of hydrogen-bond donors (Lipinski definition) is 2. The lowest BCUT2D eigenvalue weighted by Gasteiger charge is -2.17. The number of aryl methyl sites for hydroxylation is 1. The van der Waals surface area contributed by atoms with Crippen LogP contribution in [0.25, 0.3) is 27.8 Å². The third-order valence-electron chi connectivity index (χ3n) is 6.11. The van der Waals surface area contributed by atoms with Crippen LogP contribution in [0.2, 0.25) is 0 Å². The van der Waals surface area contributed by atoms with Crippen molar-refractivity contribution in [2.75, 3.05) is 11.9 Å². The maximum absolute atomic E-state index is 14.2. The highest BCUT2D eigenvalue weighted by Gasteiger charge is 2.22. The Morgan fingerprint density at radius 1 is 1.00 bits per heavy atom. The number of fused-ring (bicyclic) bond motifs is 2. The molecule has 5 rings (SSSR count). The molecule has 0 aliphatic heterocycles. The number of nitrogens with one attached hydrogen (secondary N) is 2. The standard InChI is InChI=1S/C26H25F3N6/c1-14-18(19-8-16(27)9-21(29)24(19)33-14)5-6-31-23-10-22(15-7-17(28)12-30-11-15)34-25-20(26(2,3)4)13-32-35(23)25/h7-13,31,33H,5-6H2,1-4H3. The van der Waals surface area contributed by atoms with Gasteiger partial charge >= 0.3 is 0 Å². The highest BCUT2D eigenvalue weighted by Crippen LogP contribution is 2.30. The van der Waals surface area contributed by atoms with Gasteiger partial charge < -0.3 is 10.3 Å². The molecule has 0 aliphatic rings. The summed E-state index contributed by atoms with van der Waals surface area (Å²) in [4.78, 5) is 11.7. The van der Waals surface area contributed by atoms with Crippen molar-refractivity contribution in [1.29, 1.82) is 0 Å². The summed E-state index contributed by atoms with van der Waals surface area (Å²) in [6.07, 6.45) is 5.02. The first kappa shape index (κ1) is 22.9. The predicted molar refractivity (Wildman–Crippen MR) is 130 cm³/mol. The van der Waals surface area contributed by atoms with E-state index in [0.717, 1.165) is 29.1 Å². The second-order valence-electron chi connectivity index (χ2n) is 9.68. The fourth-order valence-corrected chi connectivity index (χ4v) is 4.36. The number of H-pyrrole nitrogens is 1. The van der Waals surface area contributed by atoms with Gasteiger partial charge in [0, 0.05) is 47.1 Å². The van der Waals surface area contributed by atoms with Crippen molar-refractivity contribution in [2.24, 2.45) is 0 Å². The Bertz CT molecular complexity index is 1560. The SMILES string of the molecule is Cc1[nH]c2c(F)cc(F)cc2c1CCNc1cc(-c2cncc(F)c2)nc2c(C(C)(C)C)cnn12. The fourth-order valence-electron chi connectivity index (χ4n) is 4.36. The number of anilines is 1. The summed E-state index contributed by atoms with van der Waals surface area (Å²) in [6, 6.07) is 5.41. The quantitative estimate of drug-likeness (QED) is 0.328. The summed E-state index contributed by atoms with van der Waals surface area (Å²) < 4.78 is 43.7. The Balaban J connectivity index is 1.52. The zero-order chi connectivity index (χ0) is 24.9. The van der Waals surface area contributed by atoms with Crippen molar-refractivity contribution in [3.63, 3.8) is 0 Å². The average Bonchev–Trinajstić information content (AvgIpc) is 3.35. The molecular weight excluding hydrogens is 453 g/mol. The largest absolute Gasteiger partial charge is 0.370 e. The van der Waals surface area contributed by atoms with Gasteiger partial charge in [-0.15, -0.1) is 0 Å². The molecular formula is C26H25F3N6. The monoisotopic (exact) mass is 478 g/mol. The molecule has 0 saturated heterocycles. The maximum atomic E-state index is 14.2. The third kappa shape index (κ3) is 4.22. The number of halogens is 3. The summed E-state index contributed by atoms with van der Waals surface area (Å²) in [5, 5.41) is 8.45. The molecule has 0 bridgehead atoms. The van der Waals surface area contributed by atoms with Gasteiger partial charge in [0.25, 0.3) is 0 Å². The van der Waals surface area contributed by atoms with Gasteiger partial charge in [0.2, 0.25) is 0 Å². The van der Waals surface area contributed by atoms with Crippen molar-refractivity contribution in [3.8, 4) is 11.3 Å². The van der Waals surface area contributed by atoms with Crippen molar-refractivity contribution in [1.82, 2.24) is 24.6 Å². The molecule has 35 heavy (non-hydrogen) atoms. The normalized spacial score (nSPS) is 12.1. The van der Waals surface area contributed by atoms with Crippen LogP contribution in [-0.2, 0) is 11.8 Å². The van der Waals surface area contributed by atoms with Crippen molar-refractivity contribution in [3.05, 3.63) is 77.1 Å². The Kier molecular flexibility index (Phi) is 5.50. The molecule has 0 spiro atoms. The number of aromatic nitrogens is 5. The minimum Gasteiger partial charge on any atom is -0.370 e. The molecule has 0 radical (unpaired) electrons. The molecule has 0 fully saturated rings. The highest BCUT2D eigenvalue weighted by atomic mass is 19.1. The van der Waals surface area contributed by atoms with E-state index < -0.39 is 17.5 Å². The molecule has 5 aromatic rings. The Hall–Kier alpha value is -3.88. The smallest absolute Gasteiger partial charge is 0.161 e. The molecule has 0 saturated carbocycles. The summed E-state index contributed by atoms with van der Waals surface area (Å²) in [6.45, 7) is 8.54. The molecule has 0 atom stereocenters. The number of aromatic amines is 1. The molecule has 0 unspecified atom stereocenters. The molecule has 4 heterocycles. The van der Waals surface area contributed by atoms with E-state index in [0.29, 0.717) is 46.6 Å². The second-order valence-corrected chi connectivity index (χ2v) is 9.68. The van der Waals surface area contributed by atoms with E-state index in [9.17, 15) is 13.2 Å². The molecule has 9 heteroatoms. The van der Waals surface area contributed by atoms with Crippen molar-refractivity contribution in [2.45, 2.75) is 39.5 Å². The topological polar surface area (TPSA) is 70.9 Å². The number of nitrogens with zero attached hydrogens (tertiary/aromatic N) is 4. The van der Waals surface area contributed by atoms with Crippen LogP contribution in [0.5, 0.6) is 0 Å². The predicted octanol–water partition coefficient (Wildman–Crippen LogP) is 5.95. The van der Waals surface area contributed by atoms with E-state index in [4.69, 9.17) is 4.98 Å². The summed E-state index contributed by atoms with van der Waals surface area (Å²) in [5.74, 6) is -1.01. The van der Waals surface area contributed by atoms with Crippen LogP contribution >= 0.6 is 0 Å². The first-order chi connectivity index (χ1) is 16.6. The van der Waals surface area contributed by atoms with Gasteiger partial charge in [-0.3, -0.25) is 4.98 Å². The van der Waals surface area contributed by atoms with Crippen LogP contribution in [0.3, 0.4) is 0 Å². The van der Waals surface area contributed by atoms with Crippen LogP contribution in [0, 0.1) is 24.4 Å². The summed E-state index contributed by atoms with van der Waals surface area (Å²) in [5.41, 5.74) is 4.43. The summed E-state index contributed by atoms with van der Waals surface area (Å²) in [7, 11) is 0. The van der Waals surface area contributed by atoms with E-state index in [2.05, 4.69) is 41.2 Å². The molecule has 180 valence electrons. The zero-order valence-electron chi connectivity index (χ0n) is 19.9. The first-order valence-electron chi connectivity index (χ1n) is 11.3. The minimum atomic E-state index is -0.613. The number of benzene rings is 1. The third-order valence-corrected chi connectivity index (χ3v) is 6.11.